The van der Waals surface area contributed by atoms with Crippen molar-refractivity contribution < 1.29 is 10.2 Å². The molecule has 0 spiro atoms. The van der Waals surface area contributed by atoms with E-state index in [1.807, 2.05) is 0 Å². The van der Waals surface area contributed by atoms with E-state index >= 15 is 0 Å². The van der Waals surface area contributed by atoms with Gasteiger partial charge in [0.1, 0.15) is 0 Å². The topological polar surface area (TPSA) is 40.5 Å². The summed E-state index contributed by atoms with van der Waals surface area (Å²) >= 11 is 0. The highest BCUT2D eigenvalue weighted by Crippen LogP contribution is 2.09. The Bertz CT molecular complexity index is 102. The van der Waals surface area contributed by atoms with E-state index in [0.717, 1.165) is 12.8 Å². The lowest BCUT2D eigenvalue weighted by atomic mass is 10.0. The van der Waals surface area contributed by atoms with Crippen molar-refractivity contribution in [3.05, 3.63) is 0 Å². The number of aliphatic hydroxyl groups excluding tert-OH is 2. The summed E-state index contributed by atoms with van der Waals surface area (Å²) in [6.45, 7) is 3.85. The summed E-state index contributed by atoms with van der Waals surface area (Å²) in [5, 5.41) is 18.3. The Labute approximate surface area is 82.0 Å². The van der Waals surface area contributed by atoms with Crippen LogP contribution in [0.15, 0.2) is 0 Å². The van der Waals surface area contributed by atoms with Crippen molar-refractivity contribution in [3.8, 4) is 0 Å². The van der Waals surface area contributed by atoms with E-state index in [9.17, 15) is 5.11 Å². The van der Waals surface area contributed by atoms with Gasteiger partial charge in [0.25, 0.3) is 0 Å². The van der Waals surface area contributed by atoms with Gasteiger partial charge in [0, 0.05) is 0 Å². The molecule has 0 unspecified atom stereocenters. The first-order valence-corrected chi connectivity index (χ1v) is 5.54. The summed E-state index contributed by atoms with van der Waals surface area (Å²) in [5.74, 6) is 0. The van der Waals surface area contributed by atoms with Crippen molar-refractivity contribution in [2.24, 2.45) is 0 Å². The molecule has 0 aromatic rings. The molecule has 0 rings (SSSR count). The van der Waals surface area contributed by atoms with E-state index in [0.29, 0.717) is 0 Å². The lowest BCUT2D eigenvalue weighted by molar-refractivity contribution is 0.0247. The molecule has 13 heavy (non-hydrogen) atoms. The fourth-order valence-electron chi connectivity index (χ4n) is 1.38. The van der Waals surface area contributed by atoms with Gasteiger partial charge < -0.3 is 10.2 Å². The molecule has 0 heterocycles. The summed E-state index contributed by atoms with van der Waals surface area (Å²) in [5.41, 5.74) is 0. The molecule has 80 valence electrons. The average molecular weight is 188 g/mol. The molecule has 0 amide bonds. The minimum atomic E-state index is -0.573. The van der Waals surface area contributed by atoms with Crippen LogP contribution in [0.1, 0.15) is 58.8 Å². The highest BCUT2D eigenvalue weighted by Gasteiger charge is 2.09. The molecule has 0 aliphatic heterocycles. The lowest BCUT2D eigenvalue weighted by Crippen LogP contribution is -2.21. The smallest absolute Gasteiger partial charge is 0.0796 e. The maximum atomic E-state index is 9.28. The predicted molar refractivity (Wildman–Crippen MR) is 55.7 cm³/mol. The monoisotopic (exact) mass is 188 g/mol. The maximum absolute atomic E-state index is 9.28. The van der Waals surface area contributed by atoms with Crippen LogP contribution in [0.2, 0.25) is 0 Å². The van der Waals surface area contributed by atoms with Crippen molar-refractivity contribution in [2.75, 3.05) is 0 Å². The van der Waals surface area contributed by atoms with Crippen molar-refractivity contribution in [1.82, 2.24) is 0 Å². The summed E-state index contributed by atoms with van der Waals surface area (Å²) in [7, 11) is 0. The van der Waals surface area contributed by atoms with Gasteiger partial charge in [0.15, 0.2) is 0 Å². The Kier molecular flexibility index (Phi) is 8.46. The Balaban J connectivity index is 3.07. The summed E-state index contributed by atoms with van der Waals surface area (Å²) in [4.78, 5) is 0. The third-order valence-corrected chi connectivity index (χ3v) is 2.41. The Hall–Kier alpha value is -0.0800. The van der Waals surface area contributed by atoms with Crippen molar-refractivity contribution >= 4 is 0 Å². The molecular formula is C11H24O2. The van der Waals surface area contributed by atoms with Crippen molar-refractivity contribution in [1.29, 1.82) is 0 Å². The largest absolute Gasteiger partial charge is 0.391 e. The quantitative estimate of drug-likeness (QED) is 0.574. The first kappa shape index (κ1) is 12.9. The van der Waals surface area contributed by atoms with Crippen LogP contribution in [-0.4, -0.2) is 22.4 Å². The first-order valence-electron chi connectivity index (χ1n) is 5.54. The number of unbranched alkanes of at least 4 members (excludes halogenated alkanes) is 5. The molecule has 0 aliphatic rings. The Morgan fingerprint density at radius 2 is 1.46 bits per heavy atom. The maximum Gasteiger partial charge on any atom is 0.0796 e. The van der Waals surface area contributed by atoms with Gasteiger partial charge in [0.05, 0.1) is 12.2 Å². The number of hydrogen-bond acceptors (Lipinski definition) is 2. The van der Waals surface area contributed by atoms with E-state index in [-0.39, 0.29) is 0 Å². The average Bonchev–Trinajstić information content (AvgIpc) is 2.10. The van der Waals surface area contributed by atoms with Gasteiger partial charge in [-0.1, -0.05) is 45.4 Å². The van der Waals surface area contributed by atoms with Crippen LogP contribution in [0.5, 0.6) is 0 Å². The third kappa shape index (κ3) is 8.26. The van der Waals surface area contributed by atoms with E-state index in [4.69, 9.17) is 5.11 Å². The van der Waals surface area contributed by atoms with Crippen LogP contribution in [-0.2, 0) is 0 Å². The molecule has 2 atom stereocenters. The molecule has 0 bridgehead atoms. The normalized spacial score (nSPS) is 15.7. The molecule has 2 nitrogen and oxygen atoms in total. The zero-order chi connectivity index (χ0) is 10.1. The van der Waals surface area contributed by atoms with Gasteiger partial charge >= 0.3 is 0 Å². The van der Waals surface area contributed by atoms with Crippen molar-refractivity contribution in [2.45, 2.75) is 71.0 Å². The molecule has 2 N–H and O–H groups in total. The number of rotatable bonds is 8. The van der Waals surface area contributed by atoms with Gasteiger partial charge in [-0.15, -0.1) is 0 Å². The standard InChI is InChI=1S/C11H24O2/c1-3-4-5-6-7-8-9-11(13)10(2)12/h10-13H,3-9H2,1-2H3/t10-,11-/m1/s1. The lowest BCUT2D eigenvalue weighted by Gasteiger charge is -2.12. The summed E-state index contributed by atoms with van der Waals surface area (Å²) < 4.78 is 0. The predicted octanol–water partition coefficient (Wildman–Crippen LogP) is 2.48. The zero-order valence-corrected chi connectivity index (χ0v) is 9.00. The SMILES string of the molecule is CCCCCCCC[C@@H](O)[C@@H](C)O. The molecule has 0 aromatic carbocycles. The van der Waals surface area contributed by atoms with Gasteiger partial charge in [0.2, 0.25) is 0 Å². The number of hydrogen-bond donors (Lipinski definition) is 2. The highest BCUT2D eigenvalue weighted by atomic mass is 16.3. The molecule has 2 heteroatoms. The van der Waals surface area contributed by atoms with E-state index in [2.05, 4.69) is 6.92 Å². The first-order chi connectivity index (χ1) is 6.18. The molecule has 0 aliphatic carbocycles. The molecule has 0 radical (unpaired) electrons. The second-order valence-electron chi connectivity index (χ2n) is 3.86. The van der Waals surface area contributed by atoms with Crippen LogP contribution < -0.4 is 0 Å². The molecule has 0 fully saturated rings. The van der Waals surface area contributed by atoms with Crippen LogP contribution >= 0.6 is 0 Å². The third-order valence-electron chi connectivity index (χ3n) is 2.41. The second-order valence-corrected chi connectivity index (χ2v) is 3.86. The minimum absolute atomic E-state index is 0.522. The second kappa shape index (κ2) is 8.52. The van der Waals surface area contributed by atoms with Gasteiger partial charge in [-0.25, -0.2) is 0 Å². The van der Waals surface area contributed by atoms with Crippen LogP contribution in [0, 0.1) is 0 Å². The fourth-order valence-corrected chi connectivity index (χ4v) is 1.38. The Morgan fingerprint density at radius 3 is 2.00 bits per heavy atom. The van der Waals surface area contributed by atoms with E-state index in [1.54, 1.807) is 6.92 Å². The molecule has 0 saturated carbocycles. The molecular weight excluding hydrogens is 164 g/mol. The molecule has 0 saturated heterocycles. The van der Waals surface area contributed by atoms with Crippen LogP contribution in [0.3, 0.4) is 0 Å². The fraction of sp³-hybridized carbons (Fsp3) is 1.00. The minimum Gasteiger partial charge on any atom is -0.391 e. The van der Waals surface area contributed by atoms with Gasteiger partial charge in [-0.05, 0) is 13.3 Å². The van der Waals surface area contributed by atoms with E-state index in [1.165, 1.54) is 32.1 Å². The van der Waals surface area contributed by atoms with Gasteiger partial charge in [-0.3, -0.25) is 0 Å². The zero-order valence-electron chi connectivity index (χ0n) is 9.00. The van der Waals surface area contributed by atoms with Crippen LogP contribution in [0.25, 0.3) is 0 Å². The Morgan fingerprint density at radius 1 is 0.923 bits per heavy atom. The van der Waals surface area contributed by atoms with E-state index < -0.39 is 12.2 Å². The van der Waals surface area contributed by atoms with Crippen LogP contribution in [0.4, 0.5) is 0 Å². The van der Waals surface area contributed by atoms with Gasteiger partial charge in [-0.2, -0.15) is 0 Å². The summed E-state index contributed by atoms with van der Waals surface area (Å²) in [6, 6.07) is 0. The highest BCUT2D eigenvalue weighted by molar-refractivity contribution is 4.61. The molecule has 0 aromatic heterocycles. The number of aliphatic hydroxyl groups is 2. The summed E-state index contributed by atoms with van der Waals surface area (Å²) in [6.07, 6.45) is 7.03. The van der Waals surface area contributed by atoms with Crippen molar-refractivity contribution in [3.63, 3.8) is 0 Å².